The molecule has 6 nitrogen and oxygen atoms in total. The van der Waals surface area contributed by atoms with E-state index >= 15 is 0 Å². The number of likely N-dealkylation sites (tertiary alicyclic amines) is 1. The molecule has 2 amide bonds. The number of imide groups is 1. The quantitative estimate of drug-likeness (QED) is 0.617. The number of nitrogens with zero attached hydrogens (tertiary/aromatic N) is 1. The summed E-state index contributed by atoms with van der Waals surface area (Å²) in [5, 5.41) is 3.10. The summed E-state index contributed by atoms with van der Waals surface area (Å²) < 4.78 is 4.76. The number of rotatable bonds is 2. The predicted molar refractivity (Wildman–Crippen MR) is 72.9 cm³/mol. The van der Waals surface area contributed by atoms with Crippen LogP contribution in [-0.2, 0) is 19.1 Å². The van der Waals surface area contributed by atoms with Gasteiger partial charge >= 0.3 is 5.97 Å². The van der Waals surface area contributed by atoms with E-state index in [2.05, 4.69) is 5.32 Å². The highest BCUT2D eigenvalue weighted by Gasteiger charge is 2.60. The van der Waals surface area contributed by atoms with Crippen molar-refractivity contribution in [2.75, 3.05) is 14.2 Å². The molecule has 2 heterocycles. The summed E-state index contributed by atoms with van der Waals surface area (Å²) in [6, 6.07) is 8.22. The second-order valence-corrected chi connectivity index (χ2v) is 5.34. The van der Waals surface area contributed by atoms with Crippen LogP contribution in [0.25, 0.3) is 0 Å². The van der Waals surface area contributed by atoms with E-state index in [-0.39, 0.29) is 17.9 Å². The van der Waals surface area contributed by atoms with Gasteiger partial charge in [-0.2, -0.15) is 0 Å². The van der Waals surface area contributed by atoms with Gasteiger partial charge in [0, 0.05) is 13.1 Å². The number of methoxy groups -OCH3 is 1. The number of carbonyl (C=O) groups excluding carboxylic acids is 3. The van der Waals surface area contributed by atoms with Crippen LogP contribution in [-0.4, -0.2) is 42.9 Å². The molecule has 0 aliphatic carbocycles. The lowest BCUT2D eigenvalue weighted by atomic mass is 9.86. The Bertz CT molecular complexity index is 601. The van der Waals surface area contributed by atoms with E-state index in [4.69, 9.17) is 4.74 Å². The van der Waals surface area contributed by atoms with Crippen LogP contribution >= 0.6 is 0 Å². The predicted octanol–water partition coefficient (Wildman–Crippen LogP) is 0.103. The average molecular weight is 288 g/mol. The lowest BCUT2D eigenvalue weighted by Crippen LogP contribution is -2.42. The highest BCUT2D eigenvalue weighted by Crippen LogP contribution is 2.43. The van der Waals surface area contributed by atoms with Gasteiger partial charge in [-0.25, -0.2) is 0 Å². The fourth-order valence-electron chi connectivity index (χ4n) is 3.27. The van der Waals surface area contributed by atoms with Gasteiger partial charge in [-0.15, -0.1) is 0 Å². The van der Waals surface area contributed by atoms with Crippen LogP contribution in [0.5, 0.6) is 0 Å². The van der Waals surface area contributed by atoms with Crippen LogP contribution in [0.3, 0.4) is 0 Å². The second kappa shape index (κ2) is 4.96. The van der Waals surface area contributed by atoms with Crippen molar-refractivity contribution in [1.29, 1.82) is 0 Å². The highest BCUT2D eigenvalue weighted by atomic mass is 16.5. The first-order chi connectivity index (χ1) is 10.1. The van der Waals surface area contributed by atoms with Gasteiger partial charge in [0.25, 0.3) is 0 Å². The summed E-state index contributed by atoms with van der Waals surface area (Å²) in [6.45, 7) is 0. The number of ether oxygens (including phenoxy) is 1. The first-order valence-corrected chi connectivity index (χ1v) is 6.76. The van der Waals surface area contributed by atoms with Gasteiger partial charge in [-0.3, -0.25) is 24.6 Å². The summed E-state index contributed by atoms with van der Waals surface area (Å²) in [4.78, 5) is 37.7. The van der Waals surface area contributed by atoms with E-state index in [1.807, 2.05) is 30.3 Å². The van der Waals surface area contributed by atoms with Gasteiger partial charge in [0.05, 0.1) is 18.9 Å². The Hall–Kier alpha value is -2.21. The molecular weight excluding hydrogens is 272 g/mol. The molecule has 3 rings (SSSR count). The Balaban J connectivity index is 2.02. The number of nitrogens with one attached hydrogen (secondary N) is 1. The van der Waals surface area contributed by atoms with E-state index < -0.39 is 23.8 Å². The monoisotopic (exact) mass is 288 g/mol. The fourth-order valence-corrected chi connectivity index (χ4v) is 3.27. The molecule has 0 saturated carbocycles. The molecule has 4 atom stereocenters. The van der Waals surface area contributed by atoms with Crippen LogP contribution < -0.4 is 5.32 Å². The van der Waals surface area contributed by atoms with Crippen LogP contribution in [0.4, 0.5) is 0 Å². The maximum atomic E-state index is 12.4. The lowest BCUT2D eigenvalue weighted by Gasteiger charge is -2.19. The number of fused-ring (bicyclic) bond motifs is 1. The zero-order valence-corrected chi connectivity index (χ0v) is 11.8. The summed E-state index contributed by atoms with van der Waals surface area (Å²) in [7, 11) is 2.74. The molecule has 0 bridgehead atoms. The molecule has 1 N–H and O–H groups in total. The first kappa shape index (κ1) is 13.8. The normalized spacial score (nSPS) is 31.4. The van der Waals surface area contributed by atoms with Crippen molar-refractivity contribution in [2.45, 2.75) is 12.1 Å². The van der Waals surface area contributed by atoms with Gasteiger partial charge < -0.3 is 4.74 Å². The van der Waals surface area contributed by atoms with Gasteiger partial charge in [0.1, 0.15) is 6.04 Å². The van der Waals surface area contributed by atoms with Crippen molar-refractivity contribution < 1.29 is 19.1 Å². The Labute approximate surface area is 122 Å². The third-order valence-electron chi connectivity index (χ3n) is 4.31. The smallest absolute Gasteiger partial charge is 0.323 e. The lowest BCUT2D eigenvalue weighted by molar-refractivity contribution is -0.147. The highest BCUT2D eigenvalue weighted by molar-refractivity contribution is 6.08. The molecule has 110 valence electrons. The maximum Gasteiger partial charge on any atom is 0.323 e. The van der Waals surface area contributed by atoms with Gasteiger partial charge in [0.15, 0.2) is 0 Å². The van der Waals surface area contributed by atoms with Gasteiger partial charge in [0.2, 0.25) is 11.8 Å². The molecule has 21 heavy (non-hydrogen) atoms. The van der Waals surface area contributed by atoms with Crippen LogP contribution in [0.2, 0.25) is 0 Å². The van der Waals surface area contributed by atoms with Crippen molar-refractivity contribution in [3.8, 4) is 0 Å². The standard InChI is InChI=1S/C15H16N2O4/c1-17-13(18)9-10(14(17)19)12(15(20)21-2)16-11(9)8-6-4-3-5-7-8/h3-7,9-12,16H,1-2H3/t9-,10?,11-,12-/m1/s1. The number of esters is 1. The number of hydrogen-bond acceptors (Lipinski definition) is 5. The Morgan fingerprint density at radius 1 is 1.14 bits per heavy atom. The molecule has 1 aromatic rings. The van der Waals surface area contributed by atoms with Crippen LogP contribution in [0.1, 0.15) is 11.6 Å². The largest absolute Gasteiger partial charge is 0.468 e. The van der Waals surface area contributed by atoms with Crippen molar-refractivity contribution in [3.63, 3.8) is 0 Å². The van der Waals surface area contributed by atoms with Gasteiger partial charge in [-0.05, 0) is 5.56 Å². The Morgan fingerprint density at radius 2 is 1.76 bits per heavy atom. The Morgan fingerprint density at radius 3 is 2.38 bits per heavy atom. The summed E-state index contributed by atoms with van der Waals surface area (Å²) in [5.74, 6) is -2.35. The molecule has 2 fully saturated rings. The third kappa shape index (κ3) is 1.94. The third-order valence-corrected chi connectivity index (χ3v) is 4.31. The molecule has 0 aromatic heterocycles. The van der Waals surface area contributed by atoms with E-state index in [1.54, 1.807) is 0 Å². The minimum Gasteiger partial charge on any atom is -0.468 e. The molecule has 1 aromatic carbocycles. The summed E-state index contributed by atoms with van der Waals surface area (Å²) in [5.41, 5.74) is 0.885. The number of carbonyl (C=O) groups is 3. The van der Waals surface area contributed by atoms with Crippen molar-refractivity contribution in [3.05, 3.63) is 35.9 Å². The average Bonchev–Trinajstić information content (AvgIpc) is 3.01. The first-order valence-electron chi connectivity index (χ1n) is 6.76. The number of benzene rings is 1. The molecule has 1 unspecified atom stereocenters. The van der Waals surface area contributed by atoms with Crippen molar-refractivity contribution in [2.24, 2.45) is 11.8 Å². The molecule has 2 saturated heterocycles. The van der Waals surface area contributed by atoms with E-state index in [1.165, 1.54) is 14.2 Å². The molecule has 2 aliphatic heterocycles. The van der Waals surface area contributed by atoms with E-state index in [0.29, 0.717) is 0 Å². The molecule has 0 radical (unpaired) electrons. The SMILES string of the molecule is COC(=O)[C@@H]1N[C@H](c2ccccc2)[C@@H]2C(=O)N(C)C(=O)C21. The Kier molecular flexibility index (Phi) is 3.25. The molecular formula is C15H16N2O4. The summed E-state index contributed by atoms with van der Waals surface area (Å²) >= 11 is 0. The van der Waals surface area contributed by atoms with Crippen molar-refractivity contribution >= 4 is 17.8 Å². The minimum atomic E-state index is -0.786. The molecule has 6 heteroatoms. The second-order valence-electron chi connectivity index (χ2n) is 5.34. The van der Waals surface area contributed by atoms with Crippen molar-refractivity contribution in [1.82, 2.24) is 10.2 Å². The van der Waals surface area contributed by atoms with Crippen LogP contribution in [0, 0.1) is 11.8 Å². The molecule has 0 spiro atoms. The fraction of sp³-hybridized carbons (Fsp3) is 0.400. The topological polar surface area (TPSA) is 75.7 Å². The van der Waals surface area contributed by atoms with Gasteiger partial charge in [-0.1, -0.05) is 30.3 Å². The summed E-state index contributed by atoms with van der Waals surface area (Å²) in [6.07, 6.45) is 0. The van der Waals surface area contributed by atoms with Crippen LogP contribution in [0.15, 0.2) is 30.3 Å². The van der Waals surface area contributed by atoms with E-state index in [0.717, 1.165) is 10.5 Å². The van der Waals surface area contributed by atoms with E-state index in [9.17, 15) is 14.4 Å². The zero-order valence-electron chi connectivity index (χ0n) is 11.8. The maximum absolute atomic E-state index is 12.4. The minimum absolute atomic E-state index is 0.252. The molecule has 2 aliphatic rings. The number of hydrogen-bond donors (Lipinski definition) is 1. The number of amides is 2. The zero-order chi connectivity index (χ0) is 15.1.